The molecule has 1 heterocycles. The number of carbonyl (C=O) groups excluding carboxylic acids is 1. The molecule has 1 amide bonds. The Kier molecular flexibility index (Phi) is 7.74. The zero-order valence-corrected chi connectivity index (χ0v) is 21.6. The number of nitrogens with one attached hydrogen (secondary N) is 1. The van der Waals surface area contributed by atoms with Crippen LogP contribution in [0.15, 0.2) is 98.1 Å². The molecule has 0 saturated carbocycles. The van der Waals surface area contributed by atoms with Crippen molar-refractivity contribution in [1.82, 2.24) is 20.2 Å². The Morgan fingerprint density at radius 3 is 2.24 bits per heavy atom. The van der Waals surface area contributed by atoms with Gasteiger partial charge in [0.05, 0.1) is 11.5 Å². The number of benzene rings is 3. The fraction of sp³-hybridized carbons (Fsp3) is 0.0833. The molecule has 0 fully saturated rings. The first kappa shape index (κ1) is 23.4. The number of hydrogen-bond acceptors (Lipinski definition) is 5. The second-order valence-electron chi connectivity index (χ2n) is 7.01. The van der Waals surface area contributed by atoms with E-state index in [1.165, 1.54) is 11.8 Å². The molecular weight excluding hydrogens is 566 g/mol. The average Bonchev–Trinajstić information content (AvgIpc) is 3.26. The van der Waals surface area contributed by atoms with Gasteiger partial charge in [0.15, 0.2) is 11.0 Å². The van der Waals surface area contributed by atoms with Gasteiger partial charge in [0.25, 0.3) is 5.91 Å². The Labute approximate surface area is 212 Å². The summed E-state index contributed by atoms with van der Waals surface area (Å²) < 4.78 is 3.93. The van der Waals surface area contributed by atoms with E-state index in [1.807, 2.05) is 90.4 Å². The van der Waals surface area contributed by atoms with Crippen LogP contribution >= 0.6 is 43.6 Å². The number of carbonyl (C=O) groups is 1. The third-order valence-corrected chi connectivity index (χ3v) is 6.68. The van der Waals surface area contributed by atoms with Crippen LogP contribution in [-0.4, -0.2) is 32.1 Å². The van der Waals surface area contributed by atoms with E-state index in [-0.39, 0.29) is 11.7 Å². The van der Waals surface area contributed by atoms with Gasteiger partial charge in [0.1, 0.15) is 0 Å². The molecule has 0 atom stereocenters. The number of amides is 1. The van der Waals surface area contributed by atoms with Gasteiger partial charge < -0.3 is 0 Å². The second-order valence-corrected chi connectivity index (χ2v) is 9.79. The molecule has 4 aromatic rings. The molecule has 6 nitrogen and oxygen atoms in total. The molecule has 0 bridgehead atoms. The average molecular weight is 585 g/mol. The van der Waals surface area contributed by atoms with Crippen molar-refractivity contribution >= 4 is 55.2 Å². The lowest BCUT2D eigenvalue weighted by molar-refractivity contribution is -0.118. The van der Waals surface area contributed by atoms with E-state index in [2.05, 4.69) is 52.6 Å². The minimum absolute atomic E-state index is 0.155. The van der Waals surface area contributed by atoms with Gasteiger partial charge in [-0.15, -0.1) is 10.2 Å². The lowest BCUT2D eigenvalue weighted by Gasteiger charge is -2.10. The highest BCUT2D eigenvalue weighted by molar-refractivity contribution is 9.10. The molecule has 0 radical (unpaired) electrons. The molecule has 33 heavy (non-hydrogen) atoms. The maximum Gasteiger partial charge on any atom is 0.250 e. The van der Waals surface area contributed by atoms with Crippen molar-refractivity contribution in [3.63, 3.8) is 0 Å². The molecule has 4 rings (SSSR count). The van der Waals surface area contributed by atoms with Gasteiger partial charge in [-0.3, -0.25) is 9.36 Å². The summed E-state index contributed by atoms with van der Waals surface area (Å²) >= 11 is 8.19. The first-order valence-electron chi connectivity index (χ1n) is 10.00. The van der Waals surface area contributed by atoms with E-state index in [4.69, 9.17) is 0 Å². The van der Waals surface area contributed by atoms with Gasteiger partial charge in [-0.1, -0.05) is 86.1 Å². The number of thioether (sulfide) groups is 1. The van der Waals surface area contributed by atoms with Crippen molar-refractivity contribution in [1.29, 1.82) is 0 Å². The second kappa shape index (κ2) is 10.9. The number of halogens is 2. The Morgan fingerprint density at radius 1 is 0.939 bits per heavy atom. The number of nitrogens with zero attached hydrogens (tertiary/aromatic N) is 4. The van der Waals surface area contributed by atoms with E-state index >= 15 is 0 Å². The maximum atomic E-state index is 12.5. The zero-order valence-electron chi connectivity index (χ0n) is 17.6. The minimum atomic E-state index is -0.218. The van der Waals surface area contributed by atoms with Crippen molar-refractivity contribution in [3.05, 3.63) is 93.4 Å². The molecule has 0 saturated heterocycles. The van der Waals surface area contributed by atoms with Gasteiger partial charge >= 0.3 is 0 Å². The summed E-state index contributed by atoms with van der Waals surface area (Å²) in [5.41, 5.74) is 6.14. The van der Waals surface area contributed by atoms with Gasteiger partial charge in [0, 0.05) is 20.2 Å². The van der Waals surface area contributed by atoms with Crippen LogP contribution in [-0.2, 0) is 4.79 Å². The van der Waals surface area contributed by atoms with Crippen molar-refractivity contribution < 1.29 is 4.79 Å². The third-order valence-electron chi connectivity index (χ3n) is 4.69. The van der Waals surface area contributed by atoms with Crippen LogP contribution in [0.1, 0.15) is 12.5 Å². The Hall–Kier alpha value is -2.75. The predicted octanol–water partition coefficient (Wildman–Crippen LogP) is 6.09. The molecule has 1 aromatic heterocycles. The minimum Gasteiger partial charge on any atom is -0.272 e. The molecule has 0 aliphatic rings. The summed E-state index contributed by atoms with van der Waals surface area (Å²) in [6.45, 7) is 1.85. The molecule has 1 N–H and O–H groups in total. The molecule has 3 aromatic carbocycles. The molecule has 0 aliphatic heterocycles. The van der Waals surface area contributed by atoms with Crippen molar-refractivity contribution in [3.8, 4) is 17.1 Å². The van der Waals surface area contributed by atoms with Crippen LogP contribution in [0.3, 0.4) is 0 Å². The SMILES string of the molecule is C/C(=N\NC(=O)CSc1nnc(-c2ccc(Br)cc2)n1-c1ccccc1)c1ccc(Br)cc1. The highest BCUT2D eigenvalue weighted by Gasteiger charge is 2.17. The summed E-state index contributed by atoms with van der Waals surface area (Å²) in [6.07, 6.45) is 0. The van der Waals surface area contributed by atoms with Crippen LogP contribution in [0.2, 0.25) is 0 Å². The lowest BCUT2D eigenvalue weighted by Crippen LogP contribution is -2.21. The summed E-state index contributed by atoms with van der Waals surface area (Å²) in [5.74, 6) is 0.646. The van der Waals surface area contributed by atoms with E-state index < -0.39 is 0 Å². The number of rotatable bonds is 7. The first-order chi connectivity index (χ1) is 16.0. The third kappa shape index (κ3) is 5.98. The standard InChI is InChI=1S/C24H19Br2N5OS/c1-16(17-7-11-19(25)12-8-17)27-28-22(32)15-33-24-30-29-23(18-9-13-20(26)14-10-18)31(24)21-5-3-2-4-6-21/h2-14H,15H2,1H3,(H,28,32)/b27-16+. The Morgan fingerprint density at radius 2 is 1.58 bits per heavy atom. The van der Waals surface area contributed by atoms with Crippen molar-refractivity contribution in [2.75, 3.05) is 5.75 Å². The molecule has 166 valence electrons. The van der Waals surface area contributed by atoms with Gasteiger partial charge in [-0.25, -0.2) is 5.43 Å². The summed E-state index contributed by atoms with van der Waals surface area (Å²) in [7, 11) is 0. The normalized spacial score (nSPS) is 11.4. The van der Waals surface area contributed by atoms with E-state index in [9.17, 15) is 4.79 Å². The predicted molar refractivity (Wildman–Crippen MR) is 140 cm³/mol. The van der Waals surface area contributed by atoms with Gasteiger partial charge in [-0.2, -0.15) is 5.10 Å². The van der Waals surface area contributed by atoms with Crippen LogP contribution in [0.4, 0.5) is 0 Å². The van der Waals surface area contributed by atoms with E-state index in [1.54, 1.807) is 0 Å². The lowest BCUT2D eigenvalue weighted by atomic mass is 10.1. The summed E-state index contributed by atoms with van der Waals surface area (Å²) in [6, 6.07) is 25.5. The monoisotopic (exact) mass is 583 g/mol. The number of hydrazone groups is 1. The summed E-state index contributed by atoms with van der Waals surface area (Å²) in [4.78, 5) is 12.5. The zero-order chi connectivity index (χ0) is 23.2. The van der Waals surface area contributed by atoms with Crippen LogP contribution < -0.4 is 5.43 Å². The molecule has 0 unspecified atom stereocenters. The fourth-order valence-corrected chi connectivity index (χ4v) is 4.30. The van der Waals surface area contributed by atoms with Crippen LogP contribution in [0.5, 0.6) is 0 Å². The molecule has 0 aliphatic carbocycles. The van der Waals surface area contributed by atoms with E-state index in [0.717, 1.165) is 31.5 Å². The topological polar surface area (TPSA) is 72.2 Å². The fourth-order valence-electron chi connectivity index (χ4n) is 3.02. The number of aromatic nitrogens is 3. The van der Waals surface area contributed by atoms with Crippen molar-refractivity contribution in [2.24, 2.45) is 5.10 Å². The highest BCUT2D eigenvalue weighted by Crippen LogP contribution is 2.28. The van der Waals surface area contributed by atoms with Crippen LogP contribution in [0, 0.1) is 0 Å². The smallest absolute Gasteiger partial charge is 0.250 e. The van der Waals surface area contributed by atoms with Crippen LogP contribution in [0.25, 0.3) is 17.1 Å². The quantitative estimate of drug-likeness (QED) is 0.162. The molecular formula is C24H19Br2N5OS. The molecule has 9 heteroatoms. The summed E-state index contributed by atoms with van der Waals surface area (Å²) in [5, 5.41) is 13.6. The number of para-hydroxylation sites is 1. The van der Waals surface area contributed by atoms with Crippen molar-refractivity contribution in [2.45, 2.75) is 12.1 Å². The maximum absolute atomic E-state index is 12.5. The highest BCUT2D eigenvalue weighted by atomic mass is 79.9. The molecule has 0 spiro atoms. The largest absolute Gasteiger partial charge is 0.272 e. The van der Waals surface area contributed by atoms with Gasteiger partial charge in [-0.05, 0) is 48.9 Å². The number of hydrogen-bond donors (Lipinski definition) is 1. The Bertz CT molecular complexity index is 1270. The van der Waals surface area contributed by atoms with Gasteiger partial charge in [0.2, 0.25) is 0 Å². The first-order valence-corrected chi connectivity index (χ1v) is 12.6. The van der Waals surface area contributed by atoms with E-state index in [0.29, 0.717) is 11.0 Å². The Balaban J connectivity index is 1.51.